The van der Waals surface area contributed by atoms with Crippen LogP contribution in [-0.4, -0.2) is 42.7 Å². The fourth-order valence-electron chi connectivity index (χ4n) is 3.53. The molecule has 0 radical (unpaired) electrons. The second-order valence-electron chi connectivity index (χ2n) is 8.51. The van der Waals surface area contributed by atoms with Crippen LogP contribution in [0.15, 0.2) is 0 Å². The molecule has 0 spiro atoms. The summed E-state index contributed by atoms with van der Waals surface area (Å²) in [6.07, 6.45) is 22.1. The van der Waals surface area contributed by atoms with E-state index < -0.39 is 5.97 Å². The summed E-state index contributed by atoms with van der Waals surface area (Å²) in [6, 6.07) is 0. The molecule has 0 fully saturated rings. The Morgan fingerprint density at radius 1 is 0.654 bits per heavy atom. The standard InChI is InChI=1S/C22H45NO2.BrH/c1-4-5-6-7-8-9-10-11-12-13-14-15-16-17-18-19-20-23(2,3)21-22(24)25;/h4-21H2,1-3H3;1H. The molecule has 0 aliphatic carbocycles. The van der Waals surface area contributed by atoms with Gasteiger partial charge in [-0.1, -0.05) is 96.8 Å². The second kappa shape index (κ2) is 19.7. The lowest BCUT2D eigenvalue weighted by molar-refractivity contribution is -0.883. The third-order valence-corrected chi connectivity index (χ3v) is 5.18. The fraction of sp³-hybridized carbons (Fsp3) is 0.955. The van der Waals surface area contributed by atoms with E-state index >= 15 is 0 Å². The molecule has 1 N–H and O–H groups in total. The minimum absolute atomic E-state index is 0. The molecule has 0 heterocycles. The molecular weight excluding hydrogens is 390 g/mol. The number of unbranched alkanes of at least 4 members (excludes halogenated alkanes) is 15. The molecule has 0 amide bonds. The van der Waals surface area contributed by atoms with E-state index in [1.54, 1.807) is 0 Å². The van der Waals surface area contributed by atoms with Crippen LogP contribution in [-0.2, 0) is 4.79 Å². The highest BCUT2D eigenvalue weighted by molar-refractivity contribution is 5.67. The number of aliphatic carboxylic acids is 1. The number of halogens is 1. The minimum atomic E-state index is -0.693. The van der Waals surface area contributed by atoms with Crippen LogP contribution in [0.2, 0.25) is 0 Å². The zero-order valence-corrected chi connectivity index (χ0v) is 19.5. The van der Waals surface area contributed by atoms with Crippen LogP contribution >= 0.6 is 0 Å². The molecule has 0 aromatic heterocycles. The zero-order chi connectivity index (χ0) is 18.8. The van der Waals surface area contributed by atoms with Crippen molar-refractivity contribution < 1.29 is 31.4 Å². The van der Waals surface area contributed by atoms with Crippen LogP contribution in [0, 0.1) is 0 Å². The highest BCUT2D eigenvalue weighted by Crippen LogP contribution is 2.14. The van der Waals surface area contributed by atoms with Gasteiger partial charge in [0, 0.05) is 0 Å². The normalized spacial score (nSPS) is 11.3. The number of hydrogen-bond acceptors (Lipinski definition) is 1. The molecule has 0 aliphatic rings. The van der Waals surface area contributed by atoms with Gasteiger partial charge in [-0.15, -0.1) is 0 Å². The van der Waals surface area contributed by atoms with E-state index in [0.717, 1.165) is 13.0 Å². The summed E-state index contributed by atoms with van der Waals surface area (Å²) in [5, 5.41) is 8.87. The molecular formula is C22H46BrNO2. The van der Waals surface area contributed by atoms with Gasteiger partial charge in [0.1, 0.15) is 0 Å². The molecule has 26 heavy (non-hydrogen) atoms. The number of rotatable bonds is 19. The molecule has 0 saturated carbocycles. The molecule has 0 saturated heterocycles. The summed E-state index contributed by atoms with van der Waals surface area (Å²) in [4.78, 5) is 10.8. The van der Waals surface area contributed by atoms with Crippen LogP contribution in [0.4, 0.5) is 0 Å². The van der Waals surface area contributed by atoms with Crippen molar-refractivity contribution in [2.45, 2.75) is 110 Å². The van der Waals surface area contributed by atoms with Crippen molar-refractivity contribution in [3.63, 3.8) is 0 Å². The average Bonchev–Trinajstić information content (AvgIpc) is 2.53. The van der Waals surface area contributed by atoms with Crippen LogP contribution in [0.25, 0.3) is 0 Å². The van der Waals surface area contributed by atoms with E-state index in [-0.39, 0.29) is 23.5 Å². The minimum Gasteiger partial charge on any atom is -1.00 e. The molecule has 0 aliphatic heterocycles. The number of hydrogen-bond donors (Lipinski definition) is 1. The predicted molar refractivity (Wildman–Crippen MR) is 109 cm³/mol. The molecule has 0 bridgehead atoms. The first-order chi connectivity index (χ1) is 12.0. The van der Waals surface area contributed by atoms with Gasteiger partial charge in [-0.3, -0.25) is 0 Å². The van der Waals surface area contributed by atoms with Gasteiger partial charge < -0.3 is 26.6 Å². The van der Waals surface area contributed by atoms with Crippen LogP contribution in [0.3, 0.4) is 0 Å². The SMILES string of the molecule is CCCCCCCCCCCCCCCCCC[N+](C)(C)CC(=O)O.[Br-]. The van der Waals surface area contributed by atoms with Gasteiger partial charge in [0.15, 0.2) is 6.54 Å². The first-order valence-electron chi connectivity index (χ1n) is 11.0. The van der Waals surface area contributed by atoms with E-state index in [4.69, 9.17) is 5.11 Å². The van der Waals surface area contributed by atoms with Crippen molar-refractivity contribution in [2.24, 2.45) is 0 Å². The van der Waals surface area contributed by atoms with Crippen molar-refractivity contribution in [2.75, 3.05) is 27.2 Å². The maximum absolute atomic E-state index is 10.8. The lowest BCUT2D eigenvalue weighted by atomic mass is 10.0. The molecule has 0 aromatic carbocycles. The average molecular weight is 437 g/mol. The van der Waals surface area contributed by atoms with Gasteiger partial charge in [0.25, 0.3) is 0 Å². The molecule has 0 aromatic rings. The third-order valence-electron chi connectivity index (χ3n) is 5.18. The number of likely N-dealkylation sites (N-methyl/N-ethyl adjacent to an activating group) is 1. The molecule has 4 heteroatoms. The second-order valence-corrected chi connectivity index (χ2v) is 8.51. The van der Waals surface area contributed by atoms with Crippen molar-refractivity contribution in [1.29, 1.82) is 0 Å². The Labute approximate surface area is 174 Å². The number of carboxylic acids is 1. The van der Waals surface area contributed by atoms with Gasteiger partial charge in [0.05, 0.1) is 20.6 Å². The lowest BCUT2D eigenvalue weighted by Crippen LogP contribution is -3.00. The van der Waals surface area contributed by atoms with Gasteiger partial charge in [-0.25, -0.2) is 4.79 Å². The Morgan fingerprint density at radius 3 is 1.27 bits per heavy atom. The Hall–Kier alpha value is -0.0900. The van der Waals surface area contributed by atoms with Crippen molar-refractivity contribution in [3.8, 4) is 0 Å². The Balaban J connectivity index is 0. The predicted octanol–water partition coefficient (Wildman–Crippen LogP) is 3.41. The molecule has 0 atom stereocenters. The van der Waals surface area contributed by atoms with Crippen molar-refractivity contribution >= 4 is 5.97 Å². The number of quaternary nitrogens is 1. The van der Waals surface area contributed by atoms with Crippen molar-refractivity contribution in [3.05, 3.63) is 0 Å². The number of carboxylic acid groups (broad SMARTS) is 1. The Bertz CT molecular complexity index is 309. The highest BCUT2D eigenvalue weighted by atomic mass is 79.9. The Morgan fingerprint density at radius 2 is 0.962 bits per heavy atom. The van der Waals surface area contributed by atoms with Crippen LogP contribution in [0.1, 0.15) is 110 Å². The summed E-state index contributed by atoms with van der Waals surface area (Å²) >= 11 is 0. The molecule has 158 valence electrons. The van der Waals surface area contributed by atoms with Gasteiger partial charge in [-0.05, 0) is 12.8 Å². The quantitative estimate of drug-likeness (QED) is 0.249. The van der Waals surface area contributed by atoms with E-state index in [9.17, 15) is 4.79 Å². The van der Waals surface area contributed by atoms with E-state index in [0.29, 0.717) is 4.48 Å². The van der Waals surface area contributed by atoms with Gasteiger partial charge in [0.2, 0.25) is 0 Å². The third kappa shape index (κ3) is 22.0. The number of nitrogens with zero attached hydrogens (tertiary/aromatic N) is 1. The van der Waals surface area contributed by atoms with E-state index in [1.165, 1.54) is 96.3 Å². The van der Waals surface area contributed by atoms with Crippen LogP contribution in [0.5, 0.6) is 0 Å². The zero-order valence-electron chi connectivity index (χ0n) is 17.9. The maximum atomic E-state index is 10.8. The first kappa shape index (κ1) is 28.1. The summed E-state index contributed by atoms with van der Waals surface area (Å²) < 4.78 is 0.605. The monoisotopic (exact) mass is 435 g/mol. The molecule has 0 rings (SSSR count). The topological polar surface area (TPSA) is 37.3 Å². The largest absolute Gasteiger partial charge is 1.00 e. The molecule has 3 nitrogen and oxygen atoms in total. The van der Waals surface area contributed by atoms with Crippen LogP contribution < -0.4 is 17.0 Å². The van der Waals surface area contributed by atoms with Gasteiger partial charge >= 0.3 is 5.97 Å². The first-order valence-corrected chi connectivity index (χ1v) is 11.0. The smallest absolute Gasteiger partial charge is 0.359 e. The lowest BCUT2D eigenvalue weighted by Gasteiger charge is -2.27. The summed E-state index contributed by atoms with van der Waals surface area (Å²) in [5.41, 5.74) is 0. The fourth-order valence-corrected chi connectivity index (χ4v) is 3.53. The number of carbonyl (C=O) groups is 1. The van der Waals surface area contributed by atoms with Gasteiger partial charge in [-0.2, -0.15) is 0 Å². The van der Waals surface area contributed by atoms with E-state index in [1.807, 2.05) is 14.1 Å². The Kier molecular flexibility index (Phi) is 21.3. The summed E-state index contributed by atoms with van der Waals surface area (Å²) in [5.74, 6) is -0.693. The molecule has 0 unspecified atom stereocenters. The summed E-state index contributed by atoms with van der Waals surface area (Å²) in [6.45, 7) is 3.49. The highest BCUT2D eigenvalue weighted by Gasteiger charge is 2.18. The van der Waals surface area contributed by atoms with Crippen molar-refractivity contribution in [1.82, 2.24) is 0 Å². The van der Waals surface area contributed by atoms with E-state index in [2.05, 4.69) is 6.92 Å². The maximum Gasteiger partial charge on any atom is 0.359 e. The summed E-state index contributed by atoms with van der Waals surface area (Å²) in [7, 11) is 4.03.